The highest BCUT2D eigenvalue weighted by molar-refractivity contribution is 9.10. The van der Waals surface area contributed by atoms with E-state index >= 15 is 0 Å². The van der Waals surface area contributed by atoms with Crippen molar-refractivity contribution in [2.24, 2.45) is 0 Å². The van der Waals surface area contributed by atoms with Crippen molar-refractivity contribution in [3.05, 3.63) is 137 Å². The van der Waals surface area contributed by atoms with Crippen LogP contribution in [0, 0.1) is 0 Å². The van der Waals surface area contributed by atoms with Crippen molar-refractivity contribution >= 4 is 50.1 Å². The van der Waals surface area contributed by atoms with Gasteiger partial charge in [0.25, 0.3) is 5.91 Å². The molecule has 0 fully saturated rings. The zero-order chi connectivity index (χ0) is 23.8. The van der Waals surface area contributed by atoms with E-state index in [0.29, 0.717) is 11.3 Å². The predicted molar refractivity (Wildman–Crippen MR) is 146 cm³/mol. The van der Waals surface area contributed by atoms with Crippen LogP contribution in [0.15, 0.2) is 130 Å². The Labute approximate surface area is 211 Å². The average Bonchev–Trinajstić information content (AvgIpc) is 3.49. The third-order valence-corrected chi connectivity index (χ3v) is 6.63. The zero-order valence-corrected chi connectivity index (χ0v) is 20.3. The first kappa shape index (κ1) is 21.4. The van der Waals surface area contributed by atoms with E-state index in [9.17, 15) is 4.79 Å². The Balaban J connectivity index is 1.41. The summed E-state index contributed by atoms with van der Waals surface area (Å²) in [6.07, 6.45) is 3.75. The van der Waals surface area contributed by atoms with Crippen LogP contribution in [0.5, 0.6) is 0 Å². The number of hydrogen-bond acceptors (Lipinski definition) is 2. The first-order chi connectivity index (χ1) is 17.2. The number of amides is 1. The summed E-state index contributed by atoms with van der Waals surface area (Å²) in [5, 5.41) is 2.23. The number of rotatable bonds is 4. The van der Waals surface area contributed by atoms with E-state index in [4.69, 9.17) is 4.42 Å². The van der Waals surface area contributed by atoms with Crippen molar-refractivity contribution in [2.75, 3.05) is 4.90 Å². The smallest absolute Gasteiger partial charge is 0.263 e. The van der Waals surface area contributed by atoms with Crippen LogP contribution >= 0.6 is 15.9 Å². The van der Waals surface area contributed by atoms with Crippen LogP contribution in [0.25, 0.3) is 33.9 Å². The summed E-state index contributed by atoms with van der Waals surface area (Å²) in [6.45, 7) is 0. The molecule has 0 unspecified atom stereocenters. The van der Waals surface area contributed by atoms with Gasteiger partial charge in [0.05, 0.1) is 5.70 Å². The Kier molecular flexibility index (Phi) is 5.44. The van der Waals surface area contributed by atoms with Crippen LogP contribution in [-0.4, -0.2) is 5.91 Å². The standard InChI is InChI=1S/C31H20BrNO2/c32-26-13-10-23(11-14-26)30-17-16-28(35-30)19-25-20-29(22-7-2-1-3-8-22)33(31(25)34)27-15-12-21-6-4-5-9-24(21)18-27/h1-20H/b25-19+. The third kappa shape index (κ3) is 4.13. The lowest BCUT2D eigenvalue weighted by molar-refractivity contribution is -0.113. The van der Waals surface area contributed by atoms with Gasteiger partial charge < -0.3 is 4.42 Å². The summed E-state index contributed by atoms with van der Waals surface area (Å²) < 4.78 is 7.08. The Hall–Kier alpha value is -4.15. The van der Waals surface area contributed by atoms with Gasteiger partial charge in [-0.05, 0) is 64.9 Å². The van der Waals surface area contributed by atoms with Crippen molar-refractivity contribution < 1.29 is 9.21 Å². The second-order valence-corrected chi connectivity index (χ2v) is 9.29. The monoisotopic (exact) mass is 517 g/mol. The molecule has 4 heteroatoms. The van der Waals surface area contributed by atoms with Crippen molar-refractivity contribution in [2.45, 2.75) is 0 Å². The maximum absolute atomic E-state index is 13.7. The van der Waals surface area contributed by atoms with E-state index < -0.39 is 0 Å². The summed E-state index contributed by atoms with van der Waals surface area (Å²) in [4.78, 5) is 15.5. The van der Waals surface area contributed by atoms with Gasteiger partial charge in [0.2, 0.25) is 0 Å². The lowest BCUT2D eigenvalue weighted by Gasteiger charge is -2.21. The third-order valence-electron chi connectivity index (χ3n) is 6.10. The van der Waals surface area contributed by atoms with Gasteiger partial charge in [-0.3, -0.25) is 9.69 Å². The number of nitrogens with zero attached hydrogens (tertiary/aromatic N) is 1. The molecule has 0 atom stereocenters. The highest BCUT2D eigenvalue weighted by Gasteiger charge is 2.30. The summed E-state index contributed by atoms with van der Waals surface area (Å²) in [5.41, 5.74) is 4.22. The van der Waals surface area contributed by atoms with Gasteiger partial charge in [0, 0.05) is 21.3 Å². The van der Waals surface area contributed by atoms with E-state index in [1.165, 1.54) is 0 Å². The largest absolute Gasteiger partial charge is 0.457 e. The van der Waals surface area contributed by atoms with Gasteiger partial charge in [0.15, 0.2) is 0 Å². The Morgan fingerprint density at radius 3 is 2.26 bits per heavy atom. The number of furan rings is 1. The molecule has 6 rings (SSSR count). The molecule has 0 saturated carbocycles. The molecule has 1 aromatic heterocycles. The van der Waals surface area contributed by atoms with Gasteiger partial charge >= 0.3 is 0 Å². The van der Waals surface area contributed by atoms with Crippen LogP contribution < -0.4 is 4.90 Å². The highest BCUT2D eigenvalue weighted by atomic mass is 79.9. The molecule has 0 spiro atoms. The van der Waals surface area contributed by atoms with Gasteiger partial charge in [-0.25, -0.2) is 0 Å². The number of hydrogen-bond donors (Lipinski definition) is 0. The minimum Gasteiger partial charge on any atom is -0.457 e. The fourth-order valence-corrected chi connectivity index (χ4v) is 4.63. The fourth-order valence-electron chi connectivity index (χ4n) is 4.36. The number of halogens is 1. The Morgan fingerprint density at radius 1 is 0.714 bits per heavy atom. The SMILES string of the molecule is O=C1/C(=C/c2ccc(-c3ccc(Br)cc3)o2)C=C(c2ccccc2)N1c1ccc2ccccc2c1. The Morgan fingerprint density at radius 2 is 1.46 bits per heavy atom. The topological polar surface area (TPSA) is 33.5 Å². The molecule has 4 aromatic carbocycles. The van der Waals surface area contributed by atoms with E-state index in [1.807, 2.05) is 97.1 Å². The van der Waals surface area contributed by atoms with E-state index in [2.05, 4.69) is 40.2 Å². The van der Waals surface area contributed by atoms with Gasteiger partial charge in [-0.2, -0.15) is 0 Å². The fraction of sp³-hybridized carbons (Fsp3) is 0. The molecule has 0 aliphatic carbocycles. The summed E-state index contributed by atoms with van der Waals surface area (Å²) in [6, 6.07) is 36.0. The first-order valence-electron chi connectivity index (χ1n) is 11.3. The molecule has 2 heterocycles. The summed E-state index contributed by atoms with van der Waals surface area (Å²) >= 11 is 3.46. The van der Waals surface area contributed by atoms with Crippen molar-refractivity contribution in [3.8, 4) is 11.3 Å². The molecule has 1 aliphatic rings. The van der Waals surface area contributed by atoms with Crippen LogP contribution in [0.4, 0.5) is 5.69 Å². The van der Waals surface area contributed by atoms with Crippen molar-refractivity contribution in [3.63, 3.8) is 0 Å². The number of fused-ring (bicyclic) bond motifs is 1. The van der Waals surface area contributed by atoms with E-state index in [-0.39, 0.29) is 5.91 Å². The maximum atomic E-state index is 13.7. The van der Waals surface area contributed by atoms with Crippen molar-refractivity contribution in [1.29, 1.82) is 0 Å². The van der Waals surface area contributed by atoms with Crippen LogP contribution in [0.3, 0.4) is 0 Å². The lowest BCUT2D eigenvalue weighted by Crippen LogP contribution is -2.24. The normalized spacial score (nSPS) is 14.7. The molecular formula is C31H20BrNO2. The van der Waals surface area contributed by atoms with Gasteiger partial charge in [0.1, 0.15) is 11.5 Å². The second kappa shape index (κ2) is 8.90. The minimum atomic E-state index is -0.0827. The highest BCUT2D eigenvalue weighted by Crippen LogP contribution is 2.37. The molecule has 35 heavy (non-hydrogen) atoms. The molecule has 3 nitrogen and oxygen atoms in total. The van der Waals surface area contributed by atoms with Crippen molar-refractivity contribution in [1.82, 2.24) is 0 Å². The molecular weight excluding hydrogens is 498 g/mol. The number of carbonyl (C=O) groups excluding carboxylic acids is 1. The average molecular weight is 518 g/mol. The number of benzene rings is 4. The lowest BCUT2D eigenvalue weighted by atomic mass is 10.1. The number of carbonyl (C=O) groups is 1. The molecule has 1 amide bonds. The zero-order valence-electron chi connectivity index (χ0n) is 18.7. The van der Waals surface area contributed by atoms with Crippen LogP contribution in [0.2, 0.25) is 0 Å². The summed E-state index contributed by atoms with van der Waals surface area (Å²) in [5.74, 6) is 1.31. The maximum Gasteiger partial charge on any atom is 0.263 e. The molecule has 0 saturated heterocycles. The quantitative estimate of drug-likeness (QED) is 0.224. The van der Waals surface area contributed by atoms with Gasteiger partial charge in [-0.15, -0.1) is 0 Å². The van der Waals surface area contributed by atoms with Gasteiger partial charge in [-0.1, -0.05) is 88.7 Å². The first-order valence-corrected chi connectivity index (χ1v) is 12.1. The molecule has 0 radical (unpaired) electrons. The molecule has 0 N–H and O–H groups in total. The molecule has 168 valence electrons. The van der Waals surface area contributed by atoms with Crippen LogP contribution in [0.1, 0.15) is 11.3 Å². The molecule has 1 aliphatic heterocycles. The predicted octanol–water partition coefficient (Wildman–Crippen LogP) is 8.33. The number of anilines is 1. The Bertz CT molecular complexity index is 1610. The minimum absolute atomic E-state index is 0.0827. The molecule has 0 bridgehead atoms. The van der Waals surface area contributed by atoms with E-state index in [0.717, 1.165) is 43.5 Å². The van der Waals surface area contributed by atoms with Crippen LogP contribution in [-0.2, 0) is 4.79 Å². The van der Waals surface area contributed by atoms with E-state index in [1.54, 1.807) is 4.90 Å². The second-order valence-electron chi connectivity index (χ2n) is 8.38. The summed E-state index contributed by atoms with van der Waals surface area (Å²) in [7, 11) is 0. The molecule has 5 aromatic rings.